The number of rotatable bonds is 4. The van der Waals surface area contributed by atoms with Crippen LogP contribution in [0.2, 0.25) is 0 Å². The maximum absolute atomic E-state index is 13.5. The van der Waals surface area contributed by atoms with Crippen molar-refractivity contribution >= 4 is 16.9 Å². The molecule has 0 saturated heterocycles. The molecule has 0 unspecified atom stereocenters. The number of fused-ring (bicyclic) bond motifs is 1. The molecule has 0 aliphatic heterocycles. The van der Waals surface area contributed by atoms with Crippen molar-refractivity contribution < 1.29 is 14.6 Å². The average molecular weight is 400 g/mol. The Kier molecular flexibility index (Phi) is 5.06. The van der Waals surface area contributed by atoms with Crippen LogP contribution in [-0.4, -0.2) is 27.7 Å². The molecule has 1 N–H and O–H groups in total. The van der Waals surface area contributed by atoms with Crippen LogP contribution in [0.1, 0.15) is 29.0 Å². The number of benzene rings is 2. The van der Waals surface area contributed by atoms with E-state index < -0.39 is 5.97 Å². The van der Waals surface area contributed by atoms with E-state index in [1.807, 2.05) is 67.6 Å². The molecule has 150 valence electrons. The van der Waals surface area contributed by atoms with Crippen molar-refractivity contribution in [3.8, 4) is 16.9 Å². The molecule has 0 fully saturated rings. The van der Waals surface area contributed by atoms with Crippen molar-refractivity contribution in [3.63, 3.8) is 0 Å². The lowest BCUT2D eigenvalue weighted by atomic mass is 10.0. The fourth-order valence-corrected chi connectivity index (χ4v) is 3.62. The highest BCUT2D eigenvalue weighted by Gasteiger charge is 2.22. The summed E-state index contributed by atoms with van der Waals surface area (Å²) in [5.74, 6) is -1.06. The number of hydrogen-bond donors (Lipinski definition) is 1. The third kappa shape index (κ3) is 3.22. The Hall–Kier alpha value is -3.93. The first kappa shape index (κ1) is 19.4. The summed E-state index contributed by atoms with van der Waals surface area (Å²) in [6, 6.07) is 20.1. The maximum atomic E-state index is 13.5. The number of aromatic nitrogens is 2. The zero-order chi connectivity index (χ0) is 21.3. The molecule has 6 nitrogen and oxygen atoms in total. The summed E-state index contributed by atoms with van der Waals surface area (Å²) in [4.78, 5) is 29.6. The summed E-state index contributed by atoms with van der Waals surface area (Å²) in [6.07, 6.45) is 1.43. The van der Waals surface area contributed by atoms with Crippen molar-refractivity contribution in [2.75, 3.05) is 7.11 Å². The molecule has 30 heavy (non-hydrogen) atoms. The number of aromatic hydroxyl groups is 1. The average Bonchev–Trinajstić information content (AvgIpc) is 2.79. The maximum Gasteiger partial charge on any atom is 0.360 e. The molecule has 0 bridgehead atoms. The lowest BCUT2D eigenvalue weighted by molar-refractivity contribution is 0.0591. The fraction of sp³-hybridized carbons (Fsp3) is 0.125. The number of pyridine rings is 2. The van der Waals surface area contributed by atoms with Gasteiger partial charge in [-0.05, 0) is 24.1 Å². The second-order valence-electron chi connectivity index (χ2n) is 6.93. The monoisotopic (exact) mass is 400 g/mol. The molecule has 1 atom stereocenters. The van der Waals surface area contributed by atoms with Crippen LogP contribution in [0.3, 0.4) is 0 Å². The molecule has 0 spiro atoms. The Morgan fingerprint density at radius 2 is 1.70 bits per heavy atom. The number of carbonyl (C=O) groups is 1. The van der Waals surface area contributed by atoms with Gasteiger partial charge in [0.25, 0.3) is 5.56 Å². The highest BCUT2D eigenvalue weighted by atomic mass is 16.5. The summed E-state index contributed by atoms with van der Waals surface area (Å²) in [5, 5.41) is 11.2. The van der Waals surface area contributed by atoms with Gasteiger partial charge in [0.15, 0.2) is 11.4 Å². The molecule has 2 aromatic heterocycles. The topological polar surface area (TPSA) is 81.4 Å². The minimum Gasteiger partial charge on any atom is -0.505 e. The highest BCUT2D eigenvalue weighted by molar-refractivity contribution is 5.99. The van der Waals surface area contributed by atoms with E-state index in [2.05, 4.69) is 4.98 Å². The van der Waals surface area contributed by atoms with Gasteiger partial charge in [-0.1, -0.05) is 60.7 Å². The van der Waals surface area contributed by atoms with Crippen LogP contribution in [0.15, 0.2) is 77.7 Å². The van der Waals surface area contributed by atoms with E-state index in [9.17, 15) is 14.7 Å². The Bertz CT molecular complexity index is 1280. The van der Waals surface area contributed by atoms with Gasteiger partial charge in [-0.2, -0.15) is 0 Å². The quantitative estimate of drug-likeness (QED) is 0.520. The smallest absolute Gasteiger partial charge is 0.360 e. The van der Waals surface area contributed by atoms with Crippen molar-refractivity contribution in [2.24, 2.45) is 0 Å². The second kappa shape index (κ2) is 7.83. The first-order valence-electron chi connectivity index (χ1n) is 9.48. The largest absolute Gasteiger partial charge is 0.505 e. The third-order valence-electron chi connectivity index (χ3n) is 5.20. The van der Waals surface area contributed by atoms with Crippen LogP contribution in [-0.2, 0) is 4.74 Å². The van der Waals surface area contributed by atoms with Gasteiger partial charge >= 0.3 is 5.97 Å². The van der Waals surface area contributed by atoms with Gasteiger partial charge in [-0.25, -0.2) is 9.78 Å². The Morgan fingerprint density at radius 1 is 1.07 bits per heavy atom. The van der Waals surface area contributed by atoms with E-state index in [0.717, 1.165) is 5.56 Å². The second-order valence-corrected chi connectivity index (χ2v) is 6.93. The number of nitrogens with zero attached hydrogens (tertiary/aromatic N) is 2. The molecular formula is C24H20N2O4. The number of hydrogen-bond acceptors (Lipinski definition) is 5. The van der Waals surface area contributed by atoms with E-state index in [1.54, 1.807) is 10.6 Å². The van der Waals surface area contributed by atoms with E-state index in [4.69, 9.17) is 4.74 Å². The normalized spacial score (nSPS) is 11.9. The lowest BCUT2D eigenvalue weighted by Crippen LogP contribution is -2.26. The molecule has 0 aliphatic rings. The highest BCUT2D eigenvalue weighted by Crippen LogP contribution is 2.32. The molecule has 0 amide bonds. The Balaban J connectivity index is 2.08. The molecule has 2 heterocycles. The van der Waals surface area contributed by atoms with Crippen molar-refractivity contribution in [3.05, 3.63) is 94.5 Å². The van der Waals surface area contributed by atoms with Gasteiger partial charge in [0, 0.05) is 10.9 Å². The summed E-state index contributed by atoms with van der Waals surface area (Å²) in [6.45, 7) is 1.91. The third-order valence-corrected chi connectivity index (χ3v) is 5.20. The van der Waals surface area contributed by atoms with E-state index in [1.165, 1.54) is 13.3 Å². The number of esters is 1. The zero-order valence-electron chi connectivity index (χ0n) is 16.6. The molecule has 2 aromatic carbocycles. The Morgan fingerprint density at radius 3 is 2.33 bits per heavy atom. The predicted molar refractivity (Wildman–Crippen MR) is 115 cm³/mol. The molecular weight excluding hydrogens is 380 g/mol. The molecule has 4 aromatic rings. The van der Waals surface area contributed by atoms with Gasteiger partial charge in [-0.3, -0.25) is 9.36 Å². The molecule has 0 radical (unpaired) electrons. The van der Waals surface area contributed by atoms with Crippen LogP contribution in [0.25, 0.3) is 22.0 Å². The first-order valence-corrected chi connectivity index (χ1v) is 9.48. The standard InChI is InChI=1S/C24H20N2O4/c1-15(16-9-5-3-6-10-16)26-20-14-25-21(24(29)30-2)22(27)19(20)13-18(23(26)28)17-11-7-4-8-12-17/h3-15,27H,1-2H3/t15-/m1/s1. The van der Waals surface area contributed by atoms with E-state index in [0.29, 0.717) is 22.0 Å². The predicted octanol–water partition coefficient (Wildman–Crippen LogP) is 4.17. The van der Waals surface area contributed by atoms with E-state index in [-0.39, 0.29) is 23.0 Å². The minimum atomic E-state index is -0.746. The first-order chi connectivity index (χ1) is 14.5. The number of carbonyl (C=O) groups excluding carboxylic acids is 1. The summed E-state index contributed by atoms with van der Waals surface area (Å²) < 4.78 is 6.32. The fourth-order valence-electron chi connectivity index (χ4n) is 3.62. The van der Waals surface area contributed by atoms with Gasteiger partial charge in [0.1, 0.15) is 0 Å². The van der Waals surface area contributed by atoms with Crippen molar-refractivity contribution in [2.45, 2.75) is 13.0 Å². The molecule has 0 saturated carbocycles. The van der Waals surface area contributed by atoms with Gasteiger partial charge in [-0.15, -0.1) is 0 Å². The molecule has 6 heteroatoms. The van der Waals surface area contributed by atoms with E-state index >= 15 is 0 Å². The molecule has 0 aliphatic carbocycles. The SMILES string of the molecule is COC(=O)c1ncc2c(cc(-c3ccccc3)c(=O)n2[C@H](C)c2ccccc2)c1O. The Labute approximate surface area is 173 Å². The summed E-state index contributed by atoms with van der Waals surface area (Å²) >= 11 is 0. The van der Waals surface area contributed by atoms with Gasteiger partial charge < -0.3 is 9.84 Å². The van der Waals surface area contributed by atoms with Crippen LogP contribution >= 0.6 is 0 Å². The van der Waals surface area contributed by atoms with Gasteiger partial charge in [0.05, 0.1) is 24.9 Å². The number of ether oxygens (including phenoxy) is 1. The van der Waals surface area contributed by atoms with Crippen LogP contribution < -0.4 is 5.56 Å². The summed E-state index contributed by atoms with van der Waals surface area (Å²) in [7, 11) is 1.22. The zero-order valence-corrected chi connectivity index (χ0v) is 16.6. The number of methoxy groups -OCH3 is 1. The van der Waals surface area contributed by atoms with Crippen molar-refractivity contribution in [1.29, 1.82) is 0 Å². The van der Waals surface area contributed by atoms with Crippen LogP contribution in [0, 0.1) is 0 Å². The van der Waals surface area contributed by atoms with Crippen molar-refractivity contribution in [1.82, 2.24) is 9.55 Å². The van der Waals surface area contributed by atoms with Crippen LogP contribution in [0.4, 0.5) is 0 Å². The molecule has 4 rings (SSSR count). The van der Waals surface area contributed by atoms with Crippen LogP contribution in [0.5, 0.6) is 5.75 Å². The van der Waals surface area contributed by atoms with Gasteiger partial charge in [0.2, 0.25) is 0 Å². The lowest BCUT2D eigenvalue weighted by Gasteiger charge is -2.20. The minimum absolute atomic E-state index is 0.193. The summed E-state index contributed by atoms with van der Waals surface area (Å²) in [5.41, 5.74) is 2.10.